The van der Waals surface area contributed by atoms with E-state index in [1.54, 1.807) is 0 Å². The molecule has 4 fully saturated rings. The maximum Gasteiger partial charge on any atom is 0.232 e. The Hall–Kier alpha value is -0.900. The lowest BCUT2D eigenvalue weighted by atomic mass is 9.44. The van der Waals surface area contributed by atoms with Crippen LogP contribution in [0.2, 0.25) is 0 Å². The van der Waals surface area contributed by atoms with Crippen molar-refractivity contribution in [3.05, 3.63) is 11.7 Å². The molecule has 1 aromatic heterocycles. The molecule has 0 radical (unpaired) electrons. The number of nitrogens with zero attached hydrogens (tertiary/aromatic N) is 2. The Kier molecular flexibility index (Phi) is 2.68. The molecular weight excluding hydrogens is 262 g/mol. The SMILES string of the molecule is CCC(C)(N)c1noc(C23CC4CC(CC(C)(C4)C2)C3)n1. The smallest absolute Gasteiger partial charge is 0.232 e. The Labute approximate surface area is 126 Å². The molecule has 21 heavy (non-hydrogen) atoms. The van der Waals surface area contributed by atoms with Crippen molar-refractivity contribution in [2.24, 2.45) is 23.0 Å². The molecule has 4 aliphatic carbocycles. The third-order valence-electron chi connectivity index (χ3n) is 6.48. The summed E-state index contributed by atoms with van der Waals surface area (Å²) in [6.45, 7) is 6.53. The first-order chi connectivity index (χ1) is 9.84. The van der Waals surface area contributed by atoms with Crippen molar-refractivity contribution in [1.29, 1.82) is 0 Å². The van der Waals surface area contributed by atoms with Crippen LogP contribution in [0.25, 0.3) is 0 Å². The van der Waals surface area contributed by atoms with E-state index in [1.165, 1.54) is 38.5 Å². The monoisotopic (exact) mass is 289 g/mol. The molecule has 116 valence electrons. The lowest BCUT2D eigenvalue weighted by Crippen LogP contribution is -2.53. The van der Waals surface area contributed by atoms with E-state index in [0.717, 1.165) is 24.1 Å². The fourth-order valence-corrected chi connectivity index (χ4v) is 5.80. The molecule has 0 amide bonds. The van der Waals surface area contributed by atoms with Gasteiger partial charge in [-0.1, -0.05) is 19.0 Å². The molecule has 1 heterocycles. The van der Waals surface area contributed by atoms with Crippen molar-refractivity contribution < 1.29 is 4.52 Å². The van der Waals surface area contributed by atoms with Gasteiger partial charge in [0.15, 0.2) is 5.82 Å². The van der Waals surface area contributed by atoms with Gasteiger partial charge in [-0.2, -0.15) is 4.98 Å². The van der Waals surface area contributed by atoms with Crippen LogP contribution in [0.3, 0.4) is 0 Å². The quantitative estimate of drug-likeness (QED) is 0.924. The topological polar surface area (TPSA) is 64.9 Å². The Morgan fingerprint density at radius 1 is 1.29 bits per heavy atom. The standard InChI is InChI=1S/C17H27N3O/c1-4-16(3,18)13-19-14(21-20-13)17-8-11-5-12(9-17)7-15(2,6-11)10-17/h11-12H,4-10,18H2,1-3H3. The van der Waals surface area contributed by atoms with Crippen LogP contribution in [-0.4, -0.2) is 10.1 Å². The van der Waals surface area contributed by atoms with Crippen molar-refractivity contribution in [2.45, 2.75) is 76.7 Å². The van der Waals surface area contributed by atoms with Gasteiger partial charge in [-0.25, -0.2) is 0 Å². The Morgan fingerprint density at radius 3 is 2.52 bits per heavy atom. The number of hydrogen-bond acceptors (Lipinski definition) is 4. The first-order valence-corrected chi connectivity index (χ1v) is 8.48. The third-order valence-corrected chi connectivity index (χ3v) is 6.48. The van der Waals surface area contributed by atoms with Crippen molar-refractivity contribution >= 4 is 0 Å². The summed E-state index contributed by atoms with van der Waals surface area (Å²) in [6, 6.07) is 0. The molecule has 5 rings (SSSR count). The lowest BCUT2D eigenvalue weighted by Gasteiger charge is -2.59. The summed E-state index contributed by atoms with van der Waals surface area (Å²) in [6.07, 6.45) is 8.75. The van der Waals surface area contributed by atoms with Gasteiger partial charge in [0, 0.05) is 0 Å². The van der Waals surface area contributed by atoms with Gasteiger partial charge in [-0.15, -0.1) is 0 Å². The molecule has 0 spiro atoms. The van der Waals surface area contributed by atoms with Crippen LogP contribution in [-0.2, 0) is 11.0 Å². The molecule has 0 aromatic carbocycles. The van der Waals surface area contributed by atoms with E-state index < -0.39 is 5.54 Å². The fraction of sp³-hybridized carbons (Fsp3) is 0.882. The van der Waals surface area contributed by atoms with Crippen LogP contribution in [0.5, 0.6) is 0 Å². The number of nitrogens with two attached hydrogens (primary N) is 1. The van der Waals surface area contributed by atoms with Gasteiger partial charge in [0.1, 0.15) is 0 Å². The van der Waals surface area contributed by atoms with E-state index in [-0.39, 0.29) is 5.41 Å². The van der Waals surface area contributed by atoms with E-state index in [4.69, 9.17) is 15.2 Å². The van der Waals surface area contributed by atoms with E-state index in [9.17, 15) is 0 Å². The van der Waals surface area contributed by atoms with E-state index in [0.29, 0.717) is 11.2 Å². The average molecular weight is 289 g/mol. The second-order valence-electron chi connectivity index (χ2n) is 8.75. The van der Waals surface area contributed by atoms with Crippen LogP contribution >= 0.6 is 0 Å². The van der Waals surface area contributed by atoms with Crippen molar-refractivity contribution in [3.63, 3.8) is 0 Å². The first-order valence-electron chi connectivity index (χ1n) is 8.48. The summed E-state index contributed by atoms with van der Waals surface area (Å²) in [5.41, 5.74) is 6.45. The fourth-order valence-electron chi connectivity index (χ4n) is 5.80. The maximum atomic E-state index is 6.28. The van der Waals surface area contributed by atoms with Crippen LogP contribution in [0.1, 0.15) is 77.4 Å². The van der Waals surface area contributed by atoms with Crippen LogP contribution in [0.15, 0.2) is 4.52 Å². The number of aromatic nitrogens is 2. The van der Waals surface area contributed by atoms with Crippen molar-refractivity contribution in [1.82, 2.24) is 10.1 Å². The van der Waals surface area contributed by atoms with Gasteiger partial charge in [-0.05, 0) is 69.1 Å². The molecule has 0 aliphatic heterocycles. The lowest BCUT2D eigenvalue weighted by molar-refractivity contribution is -0.0724. The number of rotatable bonds is 3. The molecule has 4 aliphatic rings. The highest BCUT2D eigenvalue weighted by atomic mass is 16.5. The average Bonchev–Trinajstić information content (AvgIpc) is 2.86. The molecule has 4 saturated carbocycles. The molecule has 4 nitrogen and oxygen atoms in total. The van der Waals surface area contributed by atoms with E-state index >= 15 is 0 Å². The third kappa shape index (κ3) is 1.98. The van der Waals surface area contributed by atoms with E-state index in [1.807, 2.05) is 6.92 Å². The van der Waals surface area contributed by atoms with Crippen molar-refractivity contribution in [2.75, 3.05) is 0 Å². The van der Waals surface area contributed by atoms with Gasteiger partial charge >= 0.3 is 0 Å². The second kappa shape index (κ2) is 4.09. The molecule has 2 N–H and O–H groups in total. The minimum atomic E-state index is -0.478. The zero-order valence-electron chi connectivity index (χ0n) is 13.5. The zero-order valence-corrected chi connectivity index (χ0v) is 13.5. The highest BCUT2D eigenvalue weighted by Crippen LogP contribution is 2.65. The van der Waals surface area contributed by atoms with Crippen molar-refractivity contribution in [3.8, 4) is 0 Å². The zero-order chi connectivity index (χ0) is 14.9. The molecule has 3 atom stereocenters. The predicted octanol–water partition coefficient (Wildman–Crippen LogP) is 3.51. The Balaban J connectivity index is 1.70. The molecule has 3 unspecified atom stereocenters. The van der Waals surface area contributed by atoms with Gasteiger partial charge in [-0.3, -0.25) is 0 Å². The Bertz CT molecular complexity index is 548. The summed E-state index contributed by atoms with van der Waals surface area (Å²) >= 11 is 0. The van der Waals surface area contributed by atoms with Gasteiger partial charge in [0.05, 0.1) is 11.0 Å². The molecular formula is C17H27N3O. The molecule has 1 aromatic rings. The normalized spacial score (nSPS) is 44.0. The minimum Gasteiger partial charge on any atom is -0.339 e. The van der Waals surface area contributed by atoms with Crippen LogP contribution in [0.4, 0.5) is 0 Å². The number of hydrogen-bond donors (Lipinski definition) is 1. The highest BCUT2D eigenvalue weighted by molar-refractivity contribution is 5.18. The first kappa shape index (κ1) is 13.7. The van der Waals surface area contributed by atoms with Crippen LogP contribution in [0, 0.1) is 17.3 Å². The minimum absolute atomic E-state index is 0.147. The molecule has 4 heteroatoms. The van der Waals surface area contributed by atoms with Gasteiger partial charge < -0.3 is 10.3 Å². The van der Waals surface area contributed by atoms with Crippen LogP contribution < -0.4 is 5.73 Å². The summed E-state index contributed by atoms with van der Waals surface area (Å²) < 4.78 is 5.74. The summed E-state index contributed by atoms with van der Waals surface area (Å²) in [7, 11) is 0. The Morgan fingerprint density at radius 2 is 1.95 bits per heavy atom. The molecule has 0 saturated heterocycles. The summed E-state index contributed by atoms with van der Waals surface area (Å²) in [5, 5.41) is 4.23. The summed E-state index contributed by atoms with van der Waals surface area (Å²) in [4.78, 5) is 4.77. The summed E-state index contributed by atoms with van der Waals surface area (Å²) in [5.74, 6) is 3.29. The second-order valence-corrected chi connectivity index (χ2v) is 8.75. The predicted molar refractivity (Wildman–Crippen MR) is 80.6 cm³/mol. The van der Waals surface area contributed by atoms with Gasteiger partial charge in [0.25, 0.3) is 0 Å². The maximum absolute atomic E-state index is 6.28. The van der Waals surface area contributed by atoms with Gasteiger partial charge in [0.2, 0.25) is 5.89 Å². The van der Waals surface area contributed by atoms with E-state index in [2.05, 4.69) is 19.0 Å². The molecule has 4 bridgehead atoms. The highest BCUT2D eigenvalue weighted by Gasteiger charge is 2.58. The largest absolute Gasteiger partial charge is 0.339 e.